The van der Waals surface area contributed by atoms with Crippen molar-refractivity contribution < 1.29 is 0 Å². The fraction of sp³-hybridized carbons (Fsp3) is 0.455. The summed E-state index contributed by atoms with van der Waals surface area (Å²) in [7, 11) is 0. The first-order chi connectivity index (χ1) is 6.49. The van der Waals surface area contributed by atoms with Crippen molar-refractivity contribution in [1.82, 2.24) is 0 Å². The molecule has 1 rings (SSSR count). The monoisotopic (exact) mass is 227 g/mol. The van der Waals surface area contributed by atoms with Crippen molar-refractivity contribution in [2.24, 2.45) is 5.41 Å². The van der Waals surface area contributed by atoms with Crippen LogP contribution in [0.4, 0.5) is 5.69 Å². The second-order valence-electron chi connectivity index (χ2n) is 4.01. The molecule has 76 valence electrons. The second kappa shape index (κ2) is 4.72. The molecule has 1 heterocycles. The Bertz CT molecular complexity index is 351. The molecular formula is C11H14ClNS. The van der Waals surface area contributed by atoms with Crippen LogP contribution in [0.25, 0.3) is 0 Å². The average molecular weight is 228 g/mol. The van der Waals surface area contributed by atoms with Gasteiger partial charge in [0.2, 0.25) is 0 Å². The Labute approximate surface area is 94.5 Å². The highest BCUT2D eigenvalue weighted by atomic mass is 35.5. The number of halogens is 1. The maximum Gasteiger partial charge on any atom is 0.116 e. The van der Waals surface area contributed by atoms with E-state index < -0.39 is 0 Å². The first-order valence-electron chi connectivity index (χ1n) is 4.46. The molecule has 0 radical (unpaired) electrons. The van der Waals surface area contributed by atoms with E-state index in [1.807, 2.05) is 11.4 Å². The van der Waals surface area contributed by atoms with E-state index in [1.54, 1.807) is 0 Å². The quantitative estimate of drug-likeness (QED) is 0.757. The zero-order valence-corrected chi connectivity index (χ0v) is 10.2. The maximum absolute atomic E-state index is 5.92. The minimum absolute atomic E-state index is 0.0696. The summed E-state index contributed by atoms with van der Waals surface area (Å²) in [6.45, 7) is 6.93. The third kappa shape index (κ3) is 4.04. The molecule has 1 nitrogen and oxygen atoms in total. The van der Waals surface area contributed by atoms with Gasteiger partial charge in [0.1, 0.15) is 4.34 Å². The molecule has 0 aromatic carbocycles. The van der Waals surface area contributed by atoms with E-state index in [1.165, 1.54) is 11.3 Å². The molecule has 0 saturated heterocycles. The molecule has 1 aromatic heterocycles. The number of rotatable bonds is 2. The SMILES string of the molecule is CC(C)(C)C#CCNc1ccsc1Cl. The van der Waals surface area contributed by atoms with Gasteiger partial charge >= 0.3 is 0 Å². The van der Waals surface area contributed by atoms with Crippen LogP contribution in [-0.4, -0.2) is 6.54 Å². The fourth-order valence-electron chi connectivity index (χ4n) is 0.868. The number of anilines is 1. The van der Waals surface area contributed by atoms with E-state index in [2.05, 4.69) is 37.9 Å². The van der Waals surface area contributed by atoms with Gasteiger partial charge in [-0.1, -0.05) is 23.4 Å². The standard InChI is InChI=1S/C11H14ClNS/c1-11(2,3)6-4-7-13-9-5-8-14-10(9)12/h5,8,13H,7H2,1-3H3. The van der Waals surface area contributed by atoms with E-state index in [0.717, 1.165) is 10.0 Å². The summed E-state index contributed by atoms with van der Waals surface area (Å²) in [5.41, 5.74) is 1.04. The van der Waals surface area contributed by atoms with E-state index in [0.29, 0.717) is 6.54 Å². The van der Waals surface area contributed by atoms with Gasteiger partial charge in [0.15, 0.2) is 0 Å². The normalized spacial score (nSPS) is 10.6. The van der Waals surface area contributed by atoms with Crippen LogP contribution in [0.15, 0.2) is 11.4 Å². The number of hydrogen-bond donors (Lipinski definition) is 1. The Kier molecular flexibility index (Phi) is 3.86. The Morgan fingerprint density at radius 1 is 1.50 bits per heavy atom. The fourth-order valence-corrected chi connectivity index (χ4v) is 1.74. The van der Waals surface area contributed by atoms with E-state index >= 15 is 0 Å². The molecule has 1 N–H and O–H groups in total. The summed E-state index contributed by atoms with van der Waals surface area (Å²) < 4.78 is 0.794. The Morgan fingerprint density at radius 3 is 2.71 bits per heavy atom. The molecule has 0 fully saturated rings. The van der Waals surface area contributed by atoms with Crippen LogP contribution in [0.2, 0.25) is 4.34 Å². The lowest BCUT2D eigenvalue weighted by molar-refractivity contribution is 0.570. The summed E-state index contributed by atoms with van der Waals surface area (Å²) in [6, 6.07) is 1.96. The molecule has 0 spiro atoms. The van der Waals surface area contributed by atoms with Crippen LogP contribution >= 0.6 is 22.9 Å². The first-order valence-corrected chi connectivity index (χ1v) is 5.72. The van der Waals surface area contributed by atoms with Crippen LogP contribution < -0.4 is 5.32 Å². The van der Waals surface area contributed by atoms with E-state index in [4.69, 9.17) is 11.6 Å². The lowest BCUT2D eigenvalue weighted by Gasteiger charge is -2.07. The predicted molar refractivity (Wildman–Crippen MR) is 65.0 cm³/mol. The average Bonchev–Trinajstić information content (AvgIpc) is 2.44. The van der Waals surface area contributed by atoms with Gasteiger partial charge in [0, 0.05) is 5.41 Å². The molecule has 0 atom stereocenters. The van der Waals surface area contributed by atoms with Crippen LogP contribution in [-0.2, 0) is 0 Å². The van der Waals surface area contributed by atoms with Crippen molar-refractivity contribution in [3.8, 4) is 11.8 Å². The van der Waals surface area contributed by atoms with Crippen LogP contribution in [0.1, 0.15) is 20.8 Å². The zero-order valence-electron chi connectivity index (χ0n) is 8.65. The van der Waals surface area contributed by atoms with Crippen molar-refractivity contribution in [2.75, 3.05) is 11.9 Å². The minimum atomic E-state index is 0.0696. The van der Waals surface area contributed by atoms with Crippen molar-refractivity contribution >= 4 is 28.6 Å². The van der Waals surface area contributed by atoms with E-state index in [-0.39, 0.29) is 5.41 Å². The van der Waals surface area contributed by atoms with Gasteiger partial charge in [-0.05, 0) is 32.2 Å². The predicted octanol–water partition coefficient (Wildman–Crippen LogP) is 3.86. The third-order valence-electron chi connectivity index (χ3n) is 1.45. The second-order valence-corrected chi connectivity index (χ2v) is 5.53. The van der Waals surface area contributed by atoms with Gasteiger partial charge in [-0.15, -0.1) is 11.3 Å². The highest BCUT2D eigenvalue weighted by Gasteiger charge is 2.03. The van der Waals surface area contributed by atoms with Crippen molar-refractivity contribution in [2.45, 2.75) is 20.8 Å². The van der Waals surface area contributed by atoms with Crippen LogP contribution in [0, 0.1) is 17.3 Å². The molecule has 0 aliphatic rings. The molecule has 3 heteroatoms. The van der Waals surface area contributed by atoms with Crippen LogP contribution in [0.3, 0.4) is 0 Å². The van der Waals surface area contributed by atoms with Gasteiger partial charge in [-0.25, -0.2) is 0 Å². The first kappa shape index (κ1) is 11.4. The third-order valence-corrected chi connectivity index (χ3v) is 2.62. The van der Waals surface area contributed by atoms with E-state index in [9.17, 15) is 0 Å². The minimum Gasteiger partial charge on any atom is -0.372 e. The summed E-state index contributed by atoms with van der Waals surface area (Å²) in [5, 5.41) is 5.13. The molecular weight excluding hydrogens is 214 g/mol. The van der Waals surface area contributed by atoms with Gasteiger partial charge in [0.25, 0.3) is 0 Å². The summed E-state index contributed by atoms with van der Waals surface area (Å²) in [6.07, 6.45) is 0. The van der Waals surface area contributed by atoms with Gasteiger partial charge in [-0.3, -0.25) is 0 Å². The van der Waals surface area contributed by atoms with Crippen molar-refractivity contribution in [3.63, 3.8) is 0 Å². The molecule has 0 aliphatic heterocycles. The highest BCUT2D eigenvalue weighted by molar-refractivity contribution is 7.15. The summed E-state index contributed by atoms with van der Waals surface area (Å²) >= 11 is 7.44. The molecule has 0 aliphatic carbocycles. The molecule has 14 heavy (non-hydrogen) atoms. The lowest BCUT2D eigenvalue weighted by atomic mass is 9.98. The smallest absolute Gasteiger partial charge is 0.116 e. The largest absolute Gasteiger partial charge is 0.372 e. The molecule has 0 bridgehead atoms. The zero-order chi connectivity index (χ0) is 10.6. The lowest BCUT2D eigenvalue weighted by Crippen LogP contribution is -2.02. The van der Waals surface area contributed by atoms with Gasteiger partial charge in [-0.2, -0.15) is 0 Å². The maximum atomic E-state index is 5.92. The molecule has 1 aromatic rings. The molecule has 0 amide bonds. The summed E-state index contributed by atoms with van der Waals surface area (Å²) in [5.74, 6) is 6.23. The van der Waals surface area contributed by atoms with Gasteiger partial charge in [0.05, 0.1) is 12.2 Å². The number of hydrogen-bond acceptors (Lipinski definition) is 2. The van der Waals surface area contributed by atoms with Crippen LogP contribution in [0.5, 0.6) is 0 Å². The molecule has 0 unspecified atom stereocenters. The molecule has 0 saturated carbocycles. The van der Waals surface area contributed by atoms with Gasteiger partial charge < -0.3 is 5.32 Å². The van der Waals surface area contributed by atoms with Crippen molar-refractivity contribution in [1.29, 1.82) is 0 Å². The Balaban J connectivity index is 2.42. The van der Waals surface area contributed by atoms with Crippen molar-refractivity contribution in [3.05, 3.63) is 15.8 Å². The highest BCUT2D eigenvalue weighted by Crippen LogP contribution is 2.27. The Hall–Kier alpha value is -0.650. The Morgan fingerprint density at radius 2 is 2.21 bits per heavy atom. The summed E-state index contributed by atoms with van der Waals surface area (Å²) in [4.78, 5) is 0. The number of thiophene rings is 1. The topological polar surface area (TPSA) is 12.0 Å². The number of nitrogens with one attached hydrogen (secondary N) is 1.